The molecule has 15 heteroatoms. The minimum absolute atomic E-state index is 0.0149. The molecule has 13 nitrogen and oxygen atoms in total. The topological polar surface area (TPSA) is 158 Å². The van der Waals surface area contributed by atoms with E-state index in [2.05, 4.69) is 35.5 Å². The normalized spacial score (nSPS) is 25.2. The van der Waals surface area contributed by atoms with Crippen molar-refractivity contribution in [2.75, 3.05) is 49.5 Å². The maximum absolute atomic E-state index is 15.6. The molecule has 2 amide bonds. The number of piperidine rings is 1. The molecular formula is C28H30F2N8O5. The van der Waals surface area contributed by atoms with Crippen LogP contribution in [0.1, 0.15) is 42.3 Å². The number of nitrogens with zero attached hydrogens (tertiary/aromatic N) is 5. The van der Waals surface area contributed by atoms with Crippen LogP contribution in [0.5, 0.6) is 5.88 Å². The van der Waals surface area contributed by atoms with Gasteiger partial charge < -0.3 is 35.1 Å². The van der Waals surface area contributed by atoms with Gasteiger partial charge in [-0.25, -0.2) is 28.5 Å². The second kappa shape index (κ2) is 9.79. The number of nitrogens with one attached hydrogen (secondary N) is 3. The second-order valence-corrected chi connectivity index (χ2v) is 12.2. The van der Waals surface area contributed by atoms with E-state index in [1.807, 2.05) is 0 Å². The van der Waals surface area contributed by atoms with Gasteiger partial charge in [-0.15, -0.1) is 0 Å². The van der Waals surface area contributed by atoms with E-state index in [-0.39, 0.29) is 53.0 Å². The molecule has 4 aliphatic heterocycles. The number of carbonyl (C=O) groups is 2. The molecule has 3 fully saturated rings. The Labute approximate surface area is 244 Å². The maximum Gasteiger partial charge on any atom is 0.416 e. The first-order valence-electron chi connectivity index (χ1n) is 14.6. The quantitative estimate of drug-likeness (QED) is 0.348. The Morgan fingerprint density at radius 2 is 1.91 bits per heavy atom. The highest BCUT2D eigenvalue weighted by Crippen LogP contribution is 2.39. The Balaban J connectivity index is 0.915. The number of amides is 2. The van der Waals surface area contributed by atoms with Crippen molar-refractivity contribution >= 4 is 34.7 Å². The standard InChI is InChI=1S/C28H30F2N8O5/c29-20-15-5-13(6-16(15)21(30)23-22(20)35-24(36-23)17-7-14(39)8-31-17)10-37-3-1-28(2-4-37)12-38(27(41)43-28)18-9-32-26-25(33-18)34-19(40)11-42-26/h9,13-14,17,31,39H,1-8,10-12H2,(H,35,36)(H,33,34,40)/t14-,17+/m0/s1. The number of H-pyrrole nitrogens is 1. The summed E-state index contributed by atoms with van der Waals surface area (Å²) in [6.07, 6.45) is 2.92. The van der Waals surface area contributed by atoms with Crippen molar-refractivity contribution in [3.63, 3.8) is 0 Å². The third-order valence-electron chi connectivity index (χ3n) is 9.32. The monoisotopic (exact) mass is 596 g/mol. The summed E-state index contributed by atoms with van der Waals surface area (Å²) in [4.78, 5) is 44.0. The van der Waals surface area contributed by atoms with E-state index >= 15 is 8.78 Å². The number of likely N-dealkylation sites (tertiary alicyclic amines) is 1. The van der Waals surface area contributed by atoms with Crippen LogP contribution in [-0.4, -0.2) is 93.0 Å². The summed E-state index contributed by atoms with van der Waals surface area (Å²) >= 11 is 0. The van der Waals surface area contributed by atoms with Crippen molar-refractivity contribution in [3.05, 3.63) is 34.8 Å². The van der Waals surface area contributed by atoms with Gasteiger partial charge in [0.1, 0.15) is 22.5 Å². The highest BCUT2D eigenvalue weighted by Gasteiger charge is 2.48. The lowest BCUT2D eigenvalue weighted by Crippen LogP contribution is -2.48. The van der Waals surface area contributed by atoms with Crippen LogP contribution in [0, 0.1) is 17.6 Å². The van der Waals surface area contributed by atoms with Gasteiger partial charge in [-0.05, 0) is 36.3 Å². The van der Waals surface area contributed by atoms with E-state index in [1.165, 1.54) is 11.1 Å². The summed E-state index contributed by atoms with van der Waals surface area (Å²) in [5.74, 6) is -0.120. The zero-order valence-electron chi connectivity index (χ0n) is 23.2. The summed E-state index contributed by atoms with van der Waals surface area (Å²) in [5.41, 5.74) is 0.233. The lowest BCUT2D eigenvalue weighted by molar-refractivity contribution is -0.118. The zero-order valence-corrected chi connectivity index (χ0v) is 23.2. The lowest BCUT2D eigenvalue weighted by atomic mass is 9.90. The lowest BCUT2D eigenvalue weighted by Gasteiger charge is -2.38. The average Bonchev–Trinajstić information content (AvgIpc) is 3.78. The van der Waals surface area contributed by atoms with Crippen molar-refractivity contribution < 1.29 is 33.0 Å². The Kier molecular flexibility index (Phi) is 6.07. The van der Waals surface area contributed by atoms with Gasteiger partial charge in [-0.3, -0.25) is 9.69 Å². The molecule has 8 rings (SSSR count). The molecule has 3 saturated heterocycles. The summed E-state index contributed by atoms with van der Waals surface area (Å²) in [5, 5.41) is 15.5. The predicted octanol–water partition coefficient (Wildman–Crippen LogP) is 1.56. The third kappa shape index (κ3) is 4.48. The van der Waals surface area contributed by atoms with Crippen molar-refractivity contribution in [1.82, 2.24) is 30.2 Å². The number of benzene rings is 1. The van der Waals surface area contributed by atoms with Gasteiger partial charge in [-0.2, -0.15) is 0 Å². The number of aromatic nitrogens is 4. The summed E-state index contributed by atoms with van der Waals surface area (Å²) in [6, 6.07) is -0.263. The number of fused-ring (bicyclic) bond motifs is 3. The molecule has 1 aliphatic carbocycles. The molecule has 226 valence electrons. The molecular weight excluding hydrogens is 566 g/mol. The first-order valence-corrected chi connectivity index (χ1v) is 14.6. The molecule has 43 heavy (non-hydrogen) atoms. The van der Waals surface area contributed by atoms with Gasteiger partial charge in [0.25, 0.3) is 11.8 Å². The van der Waals surface area contributed by atoms with Gasteiger partial charge in [0.15, 0.2) is 29.9 Å². The summed E-state index contributed by atoms with van der Waals surface area (Å²) in [6.45, 7) is 2.61. The Hall–Kier alpha value is -3.95. The number of β-amino-alcohol motifs (C(OH)–C–C–N with tert-alkyl or cyclic N) is 1. The number of anilines is 2. The van der Waals surface area contributed by atoms with Crippen LogP contribution in [0.25, 0.3) is 11.0 Å². The van der Waals surface area contributed by atoms with Gasteiger partial charge in [0, 0.05) is 39.0 Å². The van der Waals surface area contributed by atoms with Crippen LogP contribution in [0.2, 0.25) is 0 Å². The number of hydrogen-bond donors (Lipinski definition) is 4. The van der Waals surface area contributed by atoms with Gasteiger partial charge in [0.05, 0.1) is 24.9 Å². The van der Waals surface area contributed by atoms with E-state index < -0.39 is 29.4 Å². The average molecular weight is 597 g/mol. The SMILES string of the molecule is O=C1COc2ncc(N3CC4(CCN(CC5Cc6c(c(F)c7[nH]c([C@H]8C[C@H](O)CN8)nc7c6F)C5)CC4)OC3=O)nc2N1. The molecule has 5 aliphatic rings. The molecule has 0 bridgehead atoms. The first kappa shape index (κ1) is 26.7. The molecule has 1 spiro atoms. The van der Waals surface area contributed by atoms with E-state index in [0.29, 0.717) is 81.8 Å². The van der Waals surface area contributed by atoms with Gasteiger partial charge in [-0.1, -0.05) is 0 Å². The number of hydrogen-bond acceptors (Lipinski definition) is 10. The Bertz CT molecular complexity index is 1610. The van der Waals surface area contributed by atoms with Crippen molar-refractivity contribution in [1.29, 1.82) is 0 Å². The highest BCUT2D eigenvalue weighted by atomic mass is 19.1. The number of carbonyl (C=O) groups excluding carboxylic acids is 2. The number of aliphatic hydroxyl groups is 1. The van der Waals surface area contributed by atoms with Crippen molar-refractivity contribution in [2.24, 2.45) is 5.92 Å². The van der Waals surface area contributed by atoms with Crippen LogP contribution >= 0.6 is 0 Å². The van der Waals surface area contributed by atoms with Gasteiger partial charge in [0.2, 0.25) is 0 Å². The highest BCUT2D eigenvalue weighted by molar-refractivity contribution is 5.95. The molecule has 1 unspecified atom stereocenters. The maximum atomic E-state index is 15.6. The van der Waals surface area contributed by atoms with E-state index in [4.69, 9.17) is 9.47 Å². The summed E-state index contributed by atoms with van der Waals surface area (Å²) in [7, 11) is 0. The smallest absolute Gasteiger partial charge is 0.416 e. The fraction of sp³-hybridized carbons (Fsp3) is 0.536. The zero-order chi connectivity index (χ0) is 29.5. The van der Waals surface area contributed by atoms with Crippen LogP contribution < -0.4 is 20.3 Å². The third-order valence-corrected chi connectivity index (χ3v) is 9.32. The minimum atomic E-state index is -0.672. The summed E-state index contributed by atoms with van der Waals surface area (Å²) < 4.78 is 42.3. The Morgan fingerprint density at radius 3 is 2.67 bits per heavy atom. The van der Waals surface area contributed by atoms with E-state index in [0.717, 1.165) is 0 Å². The molecule has 3 aromatic rings. The predicted molar refractivity (Wildman–Crippen MR) is 147 cm³/mol. The number of rotatable bonds is 4. The van der Waals surface area contributed by atoms with Crippen LogP contribution in [0.4, 0.5) is 25.2 Å². The molecule has 6 heterocycles. The second-order valence-electron chi connectivity index (χ2n) is 12.2. The minimum Gasteiger partial charge on any atom is -0.465 e. The molecule has 3 atom stereocenters. The van der Waals surface area contributed by atoms with Gasteiger partial charge >= 0.3 is 6.09 Å². The molecule has 1 aromatic carbocycles. The molecule has 4 N–H and O–H groups in total. The molecule has 2 aromatic heterocycles. The largest absolute Gasteiger partial charge is 0.465 e. The number of halogens is 2. The first-order chi connectivity index (χ1) is 20.7. The fourth-order valence-corrected chi connectivity index (χ4v) is 7.12. The number of aromatic amines is 1. The number of imidazole rings is 1. The van der Waals surface area contributed by atoms with Crippen molar-refractivity contribution in [2.45, 2.75) is 49.9 Å². The van der Waals surface area contributed by atoms with E-state index in [1.54, 1.807) is 0 Å². The number of aliphatic hydroxyl groups excluding tert-OH is 1. The van der Waals surface area contributed by atoms with Crippen LogP contribution in [0.3, 0.4) is 0 Å². The molecule has 0 radical (unpaired) electrons. The van der Waals surface area contributed by atoms with Crippen LogP contribution in [0.15, 0.2) is 6.20 Å². The Morgan fingerprint density at radius 1 is 1.12 bits per heavy atom. The van der Waals surface area contributed by atoms with Crippen LogP contribution in [-0.2, 0) is 22.4 Å². The van der Waals surface area contributed by atoms with E-state index in [9.17, 15) is 14.7 Å². The van der Waals surface area contributed by atoms with Crippen molar-refractivity contribution in [3.8, 4) is 5.88 Å². The molecule has 0 saturated carbocycles. The number of ether oxygens (including phenoxy) is 2. The fourth-order valence-electron chi connectivity index (χ4n) is 7.12.